The smallest absolute Gasteiger partial charge is 0.141 e. The van der Waals surface area contributed by atoms with Gasteiger partial charge < -0.3 is 5.73 Å². The van der Waals surface area contributed by atoms with Crippen molar-refractivity contribution in [2.45, 2.75) is 10.8 Å². The maximum atomic E-state index is 6.10. The van der Waals surface area contributed by atoms with Crippen molar-refractivity contribution in [3.8, 4) is 10.4 Å². The minimum Gasteiger partial charge on any atom is -0.383 e. The largest absolute Gasteiger partial charge is 0.383 e. The van der Waals surface area contributed by atoms with Gasteiger partial charge in [-0.25, -0.2) is 19.9 Å². The fraction of sp³-hybridized carbons (Fsp3) is 0.0476. The van der Waals surface area contributed by atoms with Crippen molar-refractivity contribution in [2.24, 2.45) is 0 Å². The molecular formula is C21H15N5S2. The Kier molecular flexibility index (Phi) is 4.38. The van der Waals surface area contributed by atoms with Crippen LogP contribution in [0.4, 0.5) is 5.82 Å². The number of aromatic nitrogens is 4. The van der Waals surface area contributed by atoms with Crippen LogP contribution in [0.2, 0.25) is 0 Å². The van der Waals surface area contributed by atoms with Gasteiger partial charge in [0.15, 0.2) is 0 Å². The van der Waals surface area contributed by atoms with E-state index in [0.717, 1.165) is 26.1 Å². The van der Waals surface area contributed by atoms with Crippen LogP contribution in [0, 0.1) is 0 Å². The van der Waals surface area contributed by atoms with Gasteiger partial charge in [0, 0.05) is 15.6 Å². The average molecular weight is 402 g/mol. The summed E-state index contributed by atoms with van der Waals surface area (Å²) >= 11 is 3.28. The molecule has 0 atom stereocenters. The highest BCUT2D eigenvalue weighted by Gasteiger charge is 2.12. The van der Waals surface area contributed by atoms with Gasteiger partial charge in [-0.05, 0) is 23.8 Å². The first kappa shape index (κ1) is 17.1. The molecule has 0 unspecified atom stereocenters. The average Bonchev–Trinajstić information content (AvgIpc) is 3.18. The number of thioether (sulfide) groups is 1. The fourth-order valence-corrected chi connectivity index (χ4v) is 4.94. The van der Waals surface area contributed by atoms with E-state index >= 15 is 0 Å². The number of thiophene rings is 1. The van der Waals surface area contributed by atoms with E-state index in [0.29, 0.717) is 17.4 Å². The quantitative estimate of drug-likeness (QED) is 0.330. The molecule has 7 heteroatoms. The molecule has 0 spiro atoms. The molecule has 5 nitrogen and oxygen atoms in total. The first-order valence-electron chi connectivity index (χ1n) is 8.72. The number of benzene rings is 2. The van der Waals surface area contributed by atoms with Crippen LogP contribution in [0.3, 0.4) is 0 Å². The Morgan fingerprint density at radius 2 is 1.71 bits per heavy atom. The Morgan fingerprint density at radius 1 is 0.893 bits per heavy atom. The Labute approximate surface area is 169 Å². The molecule has 0 aliphatic rings. The summed E-state index contributed by atoms with van der Waals surface area (Å²) in [5.74, 6) is 1.81. The van der Waals surface area contributed by atoms with E-state index in [9.17, 15) is 0 Å². The number of nitrogens with zero attached hydrogens (tertiary/aromatic N) is 4. The van der Waals surface area contributed by atoms with Gasteiger partial charge in [0.05, 0.1) is 11.3 Å². The molecule has 0 fully saturated rings. The summed E-state index contributed by atoms with van der Waals surface area (Å²) in [5, 5.41) is 2.87. The summed E-state index contributed by atoms with van der Waals surface area (Å²) in [6, 6.07) is 20.3. The van der Waals surface area contributed by atoms with Gasteiger partial charge in [0.25, 0.3) is 0 Å². The minimum absolute atomic E-state index is 0.510. The normalized spacial score (nSPS) is 11.3. The number of hydrogen-bond acceptors (Lipinski definition) is 7. The topological polar surface area (TPSA) is 77.6 Å². The summed E-state index contributed by atoms with van der Waals surface area (Å²) in [6.07, 6.45) is 1.62. The third-order valence-corrected chi connectivity index (χ3v) is 6.46. The van der Waals surface area contributed by atoms with Crippen LogP contribution < -0.4 is 5.73 Å². The lowest BCUT2D eigenvalue weighted by Crippen LogP contribution is -2.00. The highest BCUT2D eigenvalue weighted by molar-refractivity contribution is 7.98. The van der Waals surface area contributed by atoms with Crippen molar-refractivity contribution in [1.29, 1.82) is 0 Å². The van der Waals surface area contributed by atoms with Crippen LogP contribution in [0.5, 0.6) is 0 Å². The molecular weight excluding hydrogens is 386 g/mol. The van der Waals surface area contributed by atoms with Gasteiger partial charge in [-0.3, -0.25) is 0 Å². The first-order valence-corrected chi connectivity index (χ1v) is 10.5. The summed E-state index contributed by atoms with van der Waals surface area (Å²) < 4.78 is 0. The standard InChI is InChI=1S/C21H15N5S2/c22-19-14-8-4-5-9-16(14)25-18(26-19)11-27-20-15-10-17(13-6-2-1-3-7-13)28-21(15)24-12-23-20/h1-10,12H,11H2,(H2,22,25,26). The highest BCUT2D eigenvalue weighted by Crippen LogP contribution is 2.36. The second-order valence-corrected chi connectivity index (χ2v) is 8.20. The maximum absolute atomic E-state index is 6.10. The summed E-state index contributed by atoms with van der Waals surface area (Å²) in [5.41, 5.74) is 8.15. The number of fused-ring (bicyclic) bond motifs is 2. The van der Waals surface area contributed by atoms with Crippen molar-refractivity contribution in [2.75, 3.05) is 5.73 Å². The molecule has 0 radical (unpaired) electrons. The predicted molar refractivity (Wildman–Crippen MR) is 116 cm³/mol. The Bertz CT molecular complexity index is 1280. The van der Waals surface area contributed by atoms with Crippen LogP contribution in [0.15, 0.2) is 72.0 Å². The molecule has 3 heterocycles. The third-order valence-electron chi connectivity index (χ3n) is 4.37. The maximum Gasteiger partial charge on any atom is 0.141 e. The Hall–Kier alpha value is -3.03. The zero-order valence-corrected chi connectivity index (χ0v) is 16.4. The van der Waals surface area contributed by atoms with E-state index < -0.39 is 0 Å². The van der Waals surface area contributed by atoms with Crippen LogP contribution >= 0.6 is 23.1 Å². The summed E-state index contributed by atoms with van der Waals surface area (Å²) in [4.78, 5) is 20.2. The van der Waals surface area contributed by atoms with Gasteiger partial charge in [-0.15, -0.1) is 11.3 Å². The van der Waals surface area contributed by atoms with E-state index in [1.807, 2.05) is 42.5 Å². The van der Waals surface area contributed by atoms with E-state index in [4.69, 9.17) is 5.73 Å². The summed E-state index contributed by atoms with van der Waals surface area (Å²) in [7, 11) is 0. The number of anilines is 1. The Balaban J connectivity index is 1.46. The van der Waals surface area contributed by atoms with Gasteiger partial charge >= 0.3 is 0 Å². The number of rotatable bonds is 4. The summed E-state index contributed by atoms with van der Waals surface area (Å²) in [6.45, 7) is 0. The molecule has 136 valence electrons. The third kappa shape index (κ3) is 3.19. The zero-order valence-electron chi connectivity index (χ0n) is 14.7. The predicted octanol–water partition coefficient (Wildman–Crippen LogP) is 5.18. The molecule has 0 amide bonds. The molecule has 2 aromatic carbocycles. The van der Waals surface area contributed by atoms with Gasteiger partial charge in [0.1, 0.15) is 27.8 Å². The van der Waals surface area contributed by atoms with Crippen molar-refractivity contribution in [1.82, 2.24) is 19.9 Å². The lowest BCUT2D eigenvalue weighted by atomic mass is 10.2. The van der Waals surface area contributed by atoms with Crippen molar-refractivity contribution in [3.05, 3.63) is 72.8 Å². The number of hydrogen-bond donors (Lipinski definition) is 1. The molecule has 3 aromatic heterocycles. The van der Waals surface area contributed by atoms with Crippen molar-refractivity contribution in [3.63, 3.8) is 0 Å². The second-order valence-electron chi connectivity index (χ2n) is 6.21. The molecule has 0 aliphatic carbocycles. The second kappa shape index (κ2) is 7.18. The molecule has 2 N–H and O–H groups in total. The van der Waals surface area contributed by atoms with E-state index in [2.05, 4.69) is 38.1 Å². The minimum atomic E-state index is 0.510. The zero-order chi connectivity index (χ0) is 18.9. The van der Waals surface area contributed by atoms with Gasteiger partial charge in [-0.1, -0.05) is 54.2 Å². The molecule has 0 saturated carbocycles. The molecule has 5 rings (SSSR count). The molecule has 28 heavy (non-hydrogen) atoms. The van der Waals surface area contributed by atoms with Crippen LogP contribution in [0.1, 0.15) is 5.82 Å². The molecule has 0 saturated heterocycles. The fourth-order valence-electron chi connectivity index (χ4n) is 3.04. The molecule has 0 bridgehead atoms. The number of nitrogen functional groups attached to an aromatic ring is 1. The van der Waals surface area contributed by atoms with Crippen LogP contribution in [-0.4, -0.2) is 19.9 Å². The highest BCUT2D eigenvalue weighted by atomic mass is 32.2. The van der Waals surface area contributed by atoms with Gasteiger partial charge in [0.2, 0.25) is 0 Å². The van der Waals surface area contributed by atoms with E-state index in [-0.39, 0.29) is 0 Å². The van der Waals surface area contributed by atoms with Crippen LogP contribution in [-0.2, 0) is 5.75 Å². The molecule has 0 aliphatic heterocycles. The van der Waals surface area contributed by atoms with Crippen molar-refractivity contribution >= 4 is 50.0 Å². The van der Waals surface area contributed by atoms with Crippen molar-refractivity contribution < 1.29 is 0 Å². The van der Waals surface area contributed by atoms with Gasteiger partial charge in [-0.2, -0.15) is 0 Å². The lowest BCUT2D eigenvalue weighted by molar-refractivity contribution is 1.06. The SMILES string of the molecule is Nc1nc(CSc2ncnc3sc(-c4ccccc4)cc23)nc2ccccc12. The molecule has 5 aromatic rings. The van der Waals surface area contributed by atoms with Crippen LogP contribution in [0.25, 0.3) is 31.6 Å². The lowest BCUT2D eigenvalue weighted by Gasteiger charge is -2.05. The number of nitrogens with two attached hydrogens (primary N) is 1. The van der Waals surface area contributed by atoms with E-state index in [1.165, 1.54) is 10.4 Å². The monoisotopic (exact) mass is 401 g/mol. The number of para-hydroxylation sites is 1. The first-order chi connectivity index (χ1) is 13.8. The van der Waals surface area contributed by atoms with E-state index in [1.54, 1.807) is 29.4 Å². The Morgan fingerprint density at radius 3 is 2.61 bits per heavy atom.